The minimum absolute atomic E-state index is 0. The molecule has 2 atom stereocenters. The van der Waals surface area contributed by atoms with E-state index in [1.807, 2.05) is 13.8 Å². The van der Waals surface area contributed by atoms with Crippen molar-refractivity contribution >= 4 is 35.0 Å². The quantitative estimate of drug-likeness (QED) is 0.374. The Bertz CT molecular complexity index is 367. The van der Waals surface area contributed by atoms with Crippen molar-refractivity contribution in [1.29, 1.82) is 0 Å². The van der Waals surface area contributed by atoms with Gasteiger partial charge in [-0.25, -0.2) is 0 Å². The summed E-state index contributed by atoms with van der Waals surface area (Å²) in [4.78, 5) is 21.6. The van der Waals surface area contributed by atoms with Crippen molar-refractivity contribution in [3.8, 4) is 0 Å². The Morgan fingerprint density at radius 2 is 0.963 bits per heavy atom. The topological polar surface area (TPSA) is 80.3 Å². The van der Waals surface area contributed by atoms with Crippen LogP contribution in [0.15, 0.2) is 0 Å². The molecular formula is C22H42MgO4. The van der Waals surface area contributed by atoms with E-state index in [1.165, 1.54) is 25.7 Å². The second-order valence-corrected chi connectivity index (χ2v) is 8.81. The van der Waals surface area contributed by atoms with Crippen LogP contribution in [0.5, 0.6) is 0 Å². The number of carboxylic acid groups (broad SMARTS) is 2. The van der Waals surface area contributed by atoms with Gasteiger partial charge in [-0.05, 0) is 24.7 Å². The van der Waals surface area contributed by atoms with Crippen LogP contribution in [0.4, 0.5) is 0 Å². The van der Waals surface area contributed by atoms with Crippen molar-refractivity contribution in [2.45, 2.75) is 107 Å². The predicted octanol–water partition coefficient (Wildman–Crippen LogP) is 3.58. The van der Waals surface area contributed by atoms with E-state index in [1.54, 1.807) is 27.7 Å². The van der Waals surface area contributed by atoms with Gasteiger partial charge in [-0.2, -0.15) is 0 Å². The molecule has 0 N–H and O–H groups in total. The molecule has 0 amide bonds. The van der Waals surface area contributed by atoms with Crippen molar-refractivity contribution in [2.75, 3.05) is 0 Å². The van der Waals surface area contributed by atoms with Crippen LogP contribution in [0.1, 0.15) is 107 Å². The van der Waals surface area contributed by atoms with Gasteiger partial charge >= 0.3 is 23.1 Å². The second kappa shape index (κ2) is 15.6. The third kappa shape index (κ3) is 12.7. The standard InChI is InChI=1S/2C11H22O2.Mg/c2*1-5-6-7-8-9(2)11(3,4)10(12)13;/h2*9H,5-8H2,1-4H3,(H,12,13);/q;;+2/p-2. The zero-order chi connectivity index (χ0) is 21.0. The first-order valence-electron chi connectivity index (χ1n) is 10.3. The van der Waals surface area contributed by atoms with Gasteiger partial charge in [-0.1, -0.05) is 93.9 Å². The summed E-state index contributed by atoms with van der Waals surface area (Å²) in [6.07, 6.45) is 8.93. The van der Waals surface area contributed by atoms with E-state index in [0.29, 0.717) is 0 Å². The molecule has 0 rings (SSSR count). The van der Waals surface area contributed by atoms with Crippen LogP contribution in [0, 0.1) is 22.7 Å². The first-order chi connectivity index (χ1) is 11.8. The van der Waals surface area contributed by atoms with Crippen LogP contribution >= 0.6 is 0 Å². The van der Waals surface area contributed by atoms with Gasteiger partial charge in [0, 0.05) is 22.8 Å². The summed E-state index contributed by atoms with van der Waals surface area (Å²) in [5, 5.41) is 21.6. The molecule has 27 heavy (non-hydrogen) atoms. The van der Waals surface area contributed by atoms with Crippen molar-refractivity contribution in [3.63, 3.8) is 0 Å². The van der Waals surface area contributed by atoms with Gasteiger partial charge in [0.15, 0.2) is 0 Å². The zero-order valence-electron chi connectivity index (χ0n) is 19.2. The summed E-state index contributed by atoms with van der Waals surface area (Å²) in [6, 6.07) is 0. The number of carbonyl (C=O) groups excluding carboxylic acids is 2. The number of aliphatic carboxylic acids is 2. The number of rotatable bonds is 12. The third-order valence-electron chi connectivity index (χ3n) is 6.00. The maximum Gasteiger partial charge on any atom is 2.00 e. The van der Waals surface area contributed by atoms with Gasteiger partial charge in [0.2, 0.25) is 0 Å². The summed E-state index contributed by atoms with van der Waals surface area (Å²) in [5.41, 5.74) is -1.37. The Morgan fingerprint density at radius 1 is 0.704 bits per heavy atom. The van der Waals surface area contributed by atoms with Crippen molar-refractivity contribution in [2.24, 2.45) is 22.7 Å². The van der Waals surface area contributed by atoms with E-state index in [0.717, 1.165) is 25.7 Å². The Labute approximate surface area is 184 Å². The van der Waals surface area contributed by atoms with E-state index >= 15 is 0 Å². The van der Waals surface area contributed by atoms with Gasteiger partial charge in [0.05, 0.1) is 0 Å². The van der Waals surface area contributed by atoms with E-state index < -0.39 is 22.8 Å². The molecule has 0 fully saturated rings. The molecule has 4 nitrogen and oxygen atoms in total. The Kier molecular flexibility index (Phi) is 18.2. The summed E-state index contributed by atoms with van der Waals surface area (Å²) in [5.74, 6) is -1.47. The average molecular weight is 395 g/mol. The monoisotopic (exact) mass is 394 g/mol. The average Bonchev–Trinajstić information content (AvgIpc) is 2.55. The maximum atomic E-state index is 10.8. The number of hydrogen-bond donors (Lipinski definition) is 0. The van der Waals surface area contributed by atoms with Crippen molar-refractivity contribution in [3.05, 3.63) is 0 Å². The molecule has 0 saturated carbocycles. The number of carboxylic acids is 2. The number of unbranched alkanes of at least 4 members (excludes halogenated alkanes) is 4. The maximum absolute atomic E-state index is 10.8. The summed E-state index contributed by atoms with van der Waals surface area (Å²) in [6.45, 7) is 15.3. The normalized spacial score (nSPS) is 13.6. The minimum Gasteiger partial charge on any atom is -0.550 e. The summed E-state index contributed by atoms with van der Waals surface area (Å²) >= 11 is 0. The second-order valence-electron chi connectivity index (χ2n) is 8.81. The number of carbonyl (C=O) groups is 2. The molecule has 0 aromatic rings. The first kappa shape index (κ1) is 31.4. The molecule has 0 aromatic heterocycles. The van der Waals surface area contributed by atoms with Gasteiger partial charge < -0.3 is 19.8 Å². The zero-order valence-corrected chi connectivity index (χ0v) is 20.6. The van der Waals surface area contributed by atoms with Crippen LogP contribution in [-0.2, 0) is 9.59 Å². The van der Waals surface area contributed by atoms with Crippen LogP contribution in [0.2, 0.25) is 0 Å². The Balaban J connectivity index is -0.000000411. The van der Waals surface area contributed by atoms with Crippen LogP contribution in [-0.4, -0.2) is 35.0 Å². The molecule has 0 aromatic carbocycles. The first-order valence-corrected chi connectivity index (χ1v) is 10.3. The smallest absolute Gasteiger partial charge is 0.550 e. The molecule has 0 bridgehead atoms. The Hall–Kier alpha value is -0.294. The molecule has 0 aliphatic carbocycles. The minimum atomic E-state index is -0.934. The molecule has 0 heterocycles. The Morgan fingerprint density at radius 3 is 1.15 bits per heavy atom. The molecule has 0 radical (unpaired) electrons. The van der Waals surface area contributed by atoms with Crippen LogP contribution < -0.4 is 10.2 Å². The molecule has 0 aliphatic heterocycles. The predicted molar refractivity (Wildman–Crippen MR) is 110 cm³/mol. The largest absolute Gasteiger partial charge is 2.00 e. The fourth-order valence-corrected chi connectivity index (χ4v) is 2.53. The summed E-state index contributed by atoms with van der Waals surface area (Å²) in [7, 11) is 0. The third-order valence-corrected chi connectivity index (χ3v) is 6.00. The van der Waals surface area contributed by atoms with Crippen LogP contribution in [0.25, 0.3) is 0 Å². The van der Waals surface area contributed by atoms with Gasteiger partial charge in [0.1, 0.15) is 0 Å². The van der Waals surface area contributed by atoms with Gasteiger partial charge in [-0.15, -0.1) is 0 Å². The van der Waals surface area contributed by atoms with E-state index in [4.69, 9.17) is 0 Å². The molecular weight excluding hydrogens is 353 g/mol. The molecule has 5 heteroatoms. The van der Waals surface area contributed by atoms with Crippen molar-refractivity contribution < 1.29 is 19.8 Å². The molecule has 0 spiro atoms. The fourth-order valence-electron chi connectivity index (χ4n) is 2.53. The van der Waals surface area contributed by atoms with E-state index in [2.05, 4.69) is 13.8 Å². The summed E-state index contributed by atoms with van der Waals surface area (Å²) < 4.78 is 0. The SMILES string of the molecule is CCCCCC(C)C(C)(C)C(=O)[O-].CCCCCC(C)C(C)(C)C(=O)[O-].[Mg+2]. The van der Waals surface area contributed by atoms with Gasteiger partial charge in [0.25, 0.3) is 0 Å². The molecule has 156 valence electrons. The molecule has 0 saturated heterocycles. The fraction of sp³-hybridized carbons (Fsp3) is 0.909. The van der Waals surface area contributed by atoms with Crippen LogP contribution in [0.3, 0.4) is 0 Å². The van der Waals surface area contributed by atoms with Crippen molar-refractivity contribution in [1.82, 2.24) is 0 Å². The number of hydrogen-bond acceptors (Lipinski definition) is 4. The molecule has 2 unspecified atom stereocenters. The van der Waals surface area contributed by atoms with Gasteiger partial charge in [-0.3, -0.25) is 0 Å². The molecule has 0 aliphatic rings. The van der Waals surface area contributed by atoms with E-state index in [-0.39, 0.29) is 34.9 Å². The van der Waals surface area contributed by atoms with E-state index in [9.17, 15) is 19.8 Å².